The highest BCUT2D eigenvalue weighted by atomic mass is 16.2. The minimum Gasteiger partial charge on any atom is -0.368 e. The Morgan fingerprint density at radius 3 is 2.20 bits per heavy atom. The molecule has 0 aromatic rings. The molecule has 0 aliphatic carbocycles. The lowest BCUT2D eigenvalue weighted by Gasteiger charge is -2.28. The normalized spacial score (nSPS) is 20.5. The molecule has 1 fully saturated rings. The van der Waals surface area contributed by atoms with Gasteiger partial charge in [0.05, 0.1) is 6.04 Å². The minimum atomic E-state index is -0.698. The van der Waals surface area contributed by atoms with Gasteiger partial charge in [0.25, 0.3) is 0 Å². The van der Waals surface area contributed by atoms with E-state index in [2.05, 4.69) is 5.32 Å². The van der Waals surface area contributed by atoms with Gasteiger partial charge in [-0.3, -0.25) is 19.3 Å². The van der Waals surface area contributed by atoms with Gasteiger partial charge in [0, 0.05) is 12.8 Å². The topological polar surface area (TPSA) is 92.5 Å². The second-order valence-corrected chi connectivity index (χ2v) is 3.57. The maximum absolute atomic E-state index is 11.4. The number of hydrogen-bond donors (Lipinski definition) is 2. The monoisotopic (exact) mass is 213 g/mol. The lowest BCUT2D eigenvalue weighted by atomic mass is 10.1. The van der Waals surface area contributed by atoms with E-state index in [1.54, 1.807) is 14.0 Å². The maximum Gasteiger partial charge on any atom is 0.236 e. The Morgan fingerprint density at radius 2 is 1.87 bits per heavy atom. The molecule has 1 rings (SSSR count). The molecule has 0 bridgehead atoms. The highest BCUT2D eigenvalue weighted by Crippen LogP contribution is 2.17. The summed E-state index contributed by atoms with van der Waals surface area (Å²) in [6.45, 7) is 1.63. The largest absolute Gasteiger partial charge is 0.368 e. The molecule has 2 atom stereocenters. The molecule has 3 N–H and O–H groups in total. The number of carbonyl (C=O) groups excluding carboxylic acids is 3. The van der Waals surface area contributed by atoms with Crippen LogP contribution in [0.3, 0.4) is 0 Å². The second kappa shape index (κ2) is 4.39. The van der Waals surface area contributed by atoms with E-state index in [1.165, 1.54) is 0 Å². The molecule has 0 aromatic carbocycles. The smallest absolute Gasteiger partial charge is 0.236 e. The number of likely N-dealkylation sites (tertiary alicyclic amines) is 1. The van der Waals surface area contributed by atoms with Gasteiger partial charge in [-0.15, -0.1) is 0 Å². The number of nitrogens with two attached hydrogens (primary N) is 1. The van der Waals surface area contributed by atoms with Crippen LogP contribution in [0.2, 0.25) is 0 Å². The molecule has 0 radical (unpaired) electrons. The summed E-state index contributed by atoms with van der Waals surface area (Å²) in [5, 5.41) is 2.70. The molecule has 84 valence electrons. The van der Waals surface area contributed by atoms with E-state index in [9.17, 15) is 14.4 Å². The first-order valence-corrected chi connectivity index (χ1v) is 4.80. The molecule has 15 heavy (non-hydrogen) atoms. The van der Waals surface area contributed by atoms with Gasteiger partial charge in [-0.05, 0) is 14.0 Å². The van der Waals surface area contributed by atoms with Crippen molar-refractivity contribution in [1.82, 2.24) is 10.2 Å². The predicted octanol–water partition coefficient (Wildman–Crippen LogP) is -1.40. The van der Waals surface area contributed by atoms with Crippen LogP contribution in [-0.4, -0.2) is 41.8 Å². The first-order chi connectivity index (χ1) is 6.99. The Kier molecular flexibility index (Phi) is 3.41. The summed E-state index contributed by atoms with van der Waals surface area (Å²) < 4.78 is 0. The fourth-order valence-electron chi connectivity index (χ4n) is 1.82. The Bertz CT molecular complexity index is 287. The lowest BCUT2D eigenvalue weighted by Crippen LogP contribution is -2.55. The molecule has 3 amide bonds. The molecule has 0 spiro atoms. The van der Waals surface area contributed by atoms with Gasteiger partial charge in [0.15, 0.2) is 0 Å². The third kappa shape index (κ3) is 2.15. The van der Waals surface area contributed by atoms with E-state index in [-0.39, 0.29) is 24.7 Å². The van der Waals surface area contributed by atoms with Gasteiger partial charge >= 0.3 is 0 Å². The summed E-state index contributed by atoms with van der Waals surface area (Å²) in [5.41, 5.74) is 5.16. The van der Waals surface area contributed by atoms with Gasteiger partial charge < -0.3 is 11.1 Å². The van der Waals surface area contributed by atoms with Crippen molar-refractivity contribution in [2.45, 2.75) is 31.8 Å². The van der Waals surface area contributed by atoms with E-state index < -0.39 is 18.0 Å². The van der Waals surface area contributed by atoms with E-state index >= 15 is 0 Å². The van der Waals surface area contributed by atoms with E-state index in [1.807, 2.05) is 0 Å². The van der Waals surface area contributed by atoms with E-state index in [0.29, 0.717) is 0 Å². The lowest BCUT2D eigenvalue weighted by molar-refractivity contribution is -0.141. The number of hydrogen-bond acceptors (Lipinski definition) is 4. The van der Waals surface area contributed by atoms with Crippen LogP contribution in [0.25, 0.3) is 0 Å². The molecule has 1 aliphatic heterocycles. The summed E-state index contributed by atoms with van der Waals surface area (Å²) >= 11 is 0. The number of imide groups is 1. The fraction of sp³-hybridized carbons (Fsp3) is 0.667. The summed E-state index contributed by atoms with van der Waals surface area (Å²) in [6, 6.07) is -1.23. The summed E-state index contributed by atoms with van der Waals surface area (Å²) in [5.74, 6) is -1.06. The summed E-state index contributed by atoms with van der Waals surface area (Å²) in [7, 11) is 1.57. The van der Waals surface area contributed by atoms with Gasteiger partial charge in [-0.25, -0.2) is 0 Å². The zero-order valence-electron chi connectivity index (χ0n) is 8.82. The molecule has 0 aromatic heterocycles. The molecule has 6 nitrogen and oxygen atoms in total. The third-order valence-electron chi connectivity index (χ3n) is 2.60. The van der Waals surface area contributed by atoms with Crippen molar-refractivity contribution in [2.75, 3.05) is 7.05 Å². The summed E-state index contributed by atoms with van der Waals surface area (Å²) in [6.07, 6.45) is 0.441. The standard InChI is InChI=1S/C9H15N3O3/c1-5(8(11-2)9(10)15)12-6(13)3-4-7(12)14/h5,8,11H,3-4H2,1-2H3,(H2,10,15). The van der Waals surface area contributed by atoms with Gasteiger partial charge in [0.1, 0.15) is 6.04 Å². The average Bonchev–Trinajstić information content (AvgIpc) is 2.46. The van der Waals surface area contributed by atoms with E-state index in [0.717, 1.165) is 4.90 Å². The molecule has 1 saturated heterocycles. The fourth-order valence-corrected chi connectivity index (χ4v) is 1.82. The number of amides is 3. The second-order valence-electron chi connectivity index (χ2n) is 3.57. The van der Waals surface area contributed by atoms with Crippen molar-refractivity contribution in [3.05, 3.63) is 0 Å². The van der Waals surface area contributed by atoms with Crippen LogP contribution in [-0.2, 0) is 14.4 Å². The SMILES string of the molecule is CNC(C(N)=O)C(C)N1C(=O)CCC1=O. The van der Waals surface area contributed by atoms with Gasteiger partial charge in [-0.2, -0.15) is 0 Å². The highest BCUT2D eigenvalue weighted by molar-refractivity contribution is 6.02. The number of nitrogens with one attached hydrogen (secondary N) is 1. The highest BCUT2D eigenvalue weighted by Gasteiger charge is 2.37. The number of nitrogens with zero attached hydrogens (tertiary/aromatic N) is 1. The van der Waals surface area contributed by atoms with Crippen molar-refractivity contribution in [3.8, 4) is 0 Å². The molecular weight excluding hydrogens is 198 g/mol. The Balaban J connectivity index is 2.82. The molecule has 0 saturated carbocycles. The minimum absolute atomic E-state index is 0.221. The molecule has 2 unspecified atom stereocenters. The number of likely N-dealkylation sites (N-methyl/N-ethyl adjacent to an activating group) is 1. The van der Waals surface area contributed by atoms with Crippen molar-refractivity contribution >= 4 is 17.7 Å². The Morgan fingerprint density at radius 1 is 1.40 bits per heavy atom. The zero-order chi connectivity index (χ0) is 11.6. The van der Waals surface area contributed by atoms with Gasteiger partial charge in [-0.1, -0.05) is 0 Å². The molecular formula is C9H15N3O3. The number of rotatable bonds is 4. The Labute approximate surface area is 87.8 Å². The summed E-state index contributed by atoms with van der Waals surface area (Å²) in [4.78, 5) is 35.0. The van der Waals surface area contributed by atoms with Crippen LogP contribution in [0.1, 0.15) is 19.8 Å². The van der Waals surface area contributed by atoms with Crippen molar-refractivity contribution in [1.29, 1.82) is 0 Å². The van der Waals surface area contributed by atoms with E-state index in [4.69, 9.17) is 5.73 Å². The van der Waals surface area contributed by atoms with Gasteiger partial charge in [0.2, 0.25) is 17.7 Å². The zero-order valence-corrected chi connectivity index (χ0v) is 8.82. The van der Waals surface area contributed by atoms with Crippen LogP contribution >= 0.6 is 0 Å². The van der Waals surface area contributed by atoms with Crippen LogP contribution in [0.15, 0.2) is 0 Å². The number of primary amides is 1. The molecule has 6 heteroatoms. The third-order valence-corrected chi connectivity index (χ3v) is 2.60. The Hall–Kier alpha value is -1.43. The first kappa shape index (κ1) is 11.6. The first-order valence-electron chi connectivity index (χ1n) is 4.80. The van der Waals surface area contributed by atoms with Crippen LogP contribution < -0.4 is 11.1 Å². The molecule has 1 heterocycles. The van der Waals surface area contributed by atoms with Crippen molar-refractivity contribution in [2.24, 2.45) is 5.73 Å². The predicted molar refractivity (Wildman–Crippen MR) is 52.6 cm³/mol. The average molecular weight is 213 g/mol. The maximum atomic E-state index is 11.4. The quantitative estimate of drug-likeness (QED) is 0.561. The van der Waals surface area contributed by atoms with Crippen LogP contribution in [0, 0.1) is 0 Å². The molecule has 1 aliphatic rings. The van der Waals surface area contributed by atoms with Crippen LogP contribution in [0.4, 0.5) is 0 Å². The van der Waals surface area contributed by atoms with Crippen LogP contribution in [0.5, 0.6) is 0 Å². The van der Waals surface area contributed by atoms with Crippen molar-refractivity contribution in [3.63, 3.8) is 0 Å². The number of carbonyl (C=O) groups is 3. The van der Waals surface area contributed by atoms with Crippen molar-refractivity contribution < 1.29 is 14.4 Å².